The summed E-state index contributed by atoms with van der Waals surface area (Å²) in [6, 6.07) is 5.88. The molecule has 5 nitrogen and oxygen atoms in total. The Morgan fingerprint density at radius 3 is 2.47 bits per heavy atom. The van der Waals surface area contributed by atoms with Crippen LogP contribution in [0.4, 0.5) is 0 Å². The average molecular weight is 266 g/mol. The summed E-state index contributed by atoms with van der Waals surface area (Å²) in [5.41, 5.74) is 0.968. The maximum Gasteiger partial charge on any atom is 0.234 e. The molecule has 2 N–H and O–H groups in total. The van der Waals surface area contributed by atoms with Gasteiger partial charge >= 0.3 is 0 Å². The van der Waals surface area contributed by atoms with Crippen molar-refractivity contribution in [3.05, 3.63) is 23.8 Å². The number of amides is 1. The Balaban J connectivity index is 2.51. The van der Waals surface area contributed by atoms with E-state index >= 15 is 0 Å². The van der Waals surface area contributed by atoms with Gasteiger partial charge in [0.15, 0.2) is 11.5 Å². The Labute approximate surface area is 114 Å². The quantitative estimate of drug-likeness (QED) is 0.781. The number of nitrogens with one attached hydrogen (secondary N) is 2. The molecular formula is C14H22N2O3. The first-order chi connectivity index (χ1) is 9.06. The first kappa shape index (κ1) is 15.3. The number of benzene rings is 1. The SMILES string of the molecule is COc1ccc(CNC(=O)CNC(C)C)cc1OC. The summed E-state index contributed by atoms with van der Waals surface area (Å²) in [6.07, 6.45) is 0. The highest BCUT2D eigenvalue weighted by molar-refractivity contribution is 5.78. The Hall–Kier alpha value is -1.75. The highest BCUT2D eigenvalue weighted by Crippen LogP contribution is 2.27. The topological polar surface area (TPSA) is 59.6 Å². The van der Waals surface area contributed by atoms with Crippen molar-refractivity contribution >= 4 is 5.91 Å². The first-order valence-corrected chi connectivity index (χ1v) is 6.27. The summed E-state index contributed by atoms with van der Waals surface area (Å²) in [4.78, 5) is 11.6. The van der Waals surface area contributed by atoms with E-state index in [-0.39, 0.29) is 5.91 Å². The maximum atomic E-state index is 11.6. The second-order valence-corrected chi connectivity index (χ2v) is 4.50. The van der Waals surface area contributed by atoms with Gasteiger partial charge in [0.05, 0.1) is 20.8 Å². The van der Waals surface area contributed by atoms with Crippen LogP contribution in [-0.2, 0) is 11.3 Å². The number of methoxy groups -OCH3 is 2. The van der Waals surface area contributed by atoms with Gasteiger partial charge in [-0.15, -0.1) is 0 Å². The number of hydrogen-bond acceptors (Lipinski definition) is 4. The second-order valence-electron chi connectivity index (χ2n) is 4.50. The summed E-state index contributed by atoms with van der Waals surface area (Å²) < 4.78 is 10.4. The third-order valence-electron chi connectivity index (χ3n) is 2.61. The molecule has 0 saturated carbocycles. The molecule has 1 amide bonds. The molecule has 0 atom stereocenters. The average Bonchev–Trinajstić information content (AvgIpc) is 2.42. The predicted octanol–water partition coefficient (Wildman–Crippen LogP) is 1.32. The molecule has 0 radical (unpaired) electrons. The lowest BCUT2D eigenvalue weighted by Crippen LogP contribution is -2.36. The van der Waals surface area contributed by atoms with Crippen molar-refractivity contribution in [2.24, 2.45) is 0 Å². The van der Waals surface area contributed by atoms with Gasteiger partial charge in [-0.05, 0) is 17.7 Å². The standard InChI is InChI=1S/C14H22N2O3/c1-10(2)15-9-14(17)16-8-11-5-6-12(18-3)13(7-11)19-4/h5-7,10,15H,8-9H2,1-4H3,(H,16,17). The van der Waals surface area contributed by atoms with Gasteiger partial charge < -0.3 is 20.1 Å². The molecule has 0 bridgehead atoms. The van der Waals surface area contributed by atoms with E-state index in [1.54, 1.807) is 14.2 Å². The highest BCUT2D eigenvalue weighted by atomic mass is 16.5. The zero-order chi connectivity index (χ0) is 14.3. The molecule has 1 rings (SSSR count). The van der Waals surface area contributed by atoms with Crippen LogP contribution < -0.4 is 20.1 Å². The van der Waals surface area contributed by atoms with Crippen LogP contribution in [0.2, 0.25) is 0 Å². The van der Waals surface area contributed by atoms with Crippen molar-refractivity contribution in [1.29, 1.82) is 0 Å². The molecule has 0 aliphatic heterocycles. The molecule has 0 heterocycles. The molecule has 106 valence electrons. The number of ether oxygens (including phenoxy) is 2. The van der Waals surface area contributed by atoms with E-state index in [1.807, 2.05) is 32.0 Å². The molecule has 0 saturated heterocycles. The van der Waals surface area contributed by atoms with Crippen LogP contribution in [0.1, 0.15) is 19.4 Å². The molecule has 5 heteroatoms. The molecule has 1 aromatic rings. The van der Waals surface area contributed by atoms with E-state index in [9.17, 15) is 4.79 Å². The monoisotopic (exact) mass is 266 g/mol. The van der Waals surface area contributed by atoms with Gasteiger partial charge in [-0.25, -0.2) is 0 Å². The Morgan fingerprint density at radius 1 is 1.21 bits per heavy atom. The van der Waals surface area contributed by atoms with Gasteiger partial charge in [-0.3, -0.25) is 4.79 Å². The summed E-state index contributed by atoms with van der Waals surface area (Å²) in [7, 11) is 3.18. The molecule has 0 spiro atoms. The fraction of sp³-hybridized carbons (Fsp3) is 0.500. The highest BCUT2D eigenvalue weighted by Gasteiger charge is 2.06. The normalized spacial score (nSPS) is 10.4. The van der Waals surface area contributed by atoms with Crippen LogP contribution in [0, 0.1) is 0 Å². The van der Waals surface area contributed by atoms with E-state index < -0.39 is 0 Å². The molecule has 0 unspecified atom stereocenters. The van der Waals surface area contributed by atoms with E-state index in [4.69, 9.17) is 9.47 Å². The van der Waals surface area contributed by atoms with E-state index in [0.29, 0.717) is 30.6 Å². The summed E-state index contributed by atoms with van der Waals surface area (Å²) in [6.45, 7) is 4.80. The zero-order valence-electron chi connectivity index (χ0n) is 11.9. The molecule has 0 aliphatic rings. The minimum absolute atomic E-state index is 0.0246. The van der Waals surface area contributed by atoms with Crippen LogP contribution in [0.15, 0.2) is 18.2 Å². The fourth-order valence-electron chi connectivity index (χ4n) is 1.55. The van der Waals surface area contributed by atoms with Crippen molar-refractivity contribution in [2.45, 2.75) is 26.4 Å². The van der Waals surface area contributed by atoms with Crippen LogP contribution in [0.25, 0.3) is 0 Å². The van der Waals surface area contributed by atoms with Crippen LogP contribution in [0.3, 0.4) is 0 Å². The zero-order valence-corrected chi connectivity index (χ0v) is 11.9. The van der Waals surface area contributed by atoms with Crippen molar-refractivity contribution in [1.82, 2.24) is 10.6 Å². The van der Waals surface area contributed by atoms with Gasteiger partial charge in [0.2, 0.25) is 5.91 Å². The van der Waals surface area contributed by atoms with Gasteiger partial charge in [0, 0.05) is 12.6 Å². The number of carbonyl (C=O) groups is 1. The minimum atomic E-state index is -0.0246. The van der Waals surface area contributed by atoms with E-state index in [1.165, 1.54) is 0 Å². The molecular weight excluding hydrogens is 244 g/mol. The molecule has 19 heavy (non-hydrogen) atoms. The maximum absolute atomic E-state index is 11.6. The van der Waals surface area contributed by atoms with Gasteiger partial charge in [0.1, 0.15) is 0 Å². The van der Waals surface area contributed by atoms with Gasteiger partial charge in [-0.1, -0.05) is 19.9 Å². The summed E-state index contributed by atoms with van der Waals surface area (Å²) in [5.74, 6) is 1.32. The summed E-state index contributed by atoms with van der Waals surface area (Å²) in [5, 5.41) is 5.91. The van der Waals surface area contributed by atoms with Crippen molar-refractivity contribution in [2.75, 3.05) is 20.8 Å². The molecule has 0 fully saturated rings. The molecule has 0 aromatic heterocycles. The van der Waals surface area contributed by atoms with Crippen molar-refractivity contribution < 1.29 is 14.3 Å². The number of hydrogen-bond donors (Lipinski definition) is 2. The lowest BCUT2D eigenvalue weighted by atomic mass is 10.2. The lowest BCUT2D eigenvalue weighted by molar-refractivity contribution is -0.120. The number of rotatable bonds is 7. The second kappa shape index (κ2) is 7.63. The first-order valence-electron chi connectivity index (χ1n) is 6.27. The third-order valence-corrected chi connectivity index (χ3v) is 2.61. The van der Waals surface area contributed by atoms with E-state index in [0.717, 1.165) is 5.56 Å². The summed E-state index contributed by atoms with van der Waals surface area (Å²) >= 11 is 0. The largest absolute Gasteiger partial charge is 0.493 e. The fourth-order valence-corrected chi connectivity index (χ4v) is 1.55. The van der Waals surface area contributed by atoms with Crippen LogP contribution in [-0.4, -0.2) is 32.7 Å². The van der Waals surface area contributed by atoms with E-state index in [2.05, 4.69) is 10.6 Å². The van der Waals surface area contributed by atoms with Crippen molar-refractivity contribution in [3.8, 4) is 11.5 Å². The number of carbonyl (C=O) groups excluding carboxylic acids is 1. The molecule has 0 aliphatic carbocycles. The Kier molecular flexibility index (Phi) is 6.15. The van der Waals surface area contributed by atoms with Crippen LogP contribution >= 0.6 is 0 Å². The lowest BCUT2D eigenvalue weighted by Gasteiger charge is -2.11. The minimum Gasteiger partial charge on any atom is -0.493 e. The smallest absolute Gasteiger partial charge is 0.234 e. The predicted molar refractivity (Wildman–Crippen MR) is 74.5 cm³/mol. The Bertz CT molecular complexity index is 419. The Morgan fingerprint density at radius 2 is 1.89 bits per heavy atom. The molecule has 1 aromatic carbocycles. The van der Waals surface area contributed by atoms with Crippen LogP contribution in [0.5, 0.6) is 11.5 Å². The van der Waals surface area contributed by atoms with Gasteiger partial charge in [-0.2, -0.15) is 0 Å². The van der Waals surface area contributed by atoms with Crippen molar-refractivity contribution in [3.63, 3.8) is 0 Å². The van der Waals surface area contributed by atoms with Gasteiger partial charge in [0.25, 0.3) is 0 Å². The third kappa shape index (κ3) is 5.18.